The number of anilines is 1. The monoisotopic (exact) mass is 361 g/mol. The molecule has 7 nitrogen and oxygen atoms in total. The van der Waals surface area contributed by atoms with Gasteiger partial charge in [0.2, 0.25) is 0 Å². The van der Waals surface area contributed by atoms with Crippen LogP contribution in [0.2, 0.25) is 0 Å². The summed E-state index contributed by atoms with van der Waals surface area (Å²) in [6.45, 7) is 3.46. The molecular weight excluding hydrogens is 343 g/mol. The van der Waals surface area contributed by atoms with Crippen molar-refractivity contribution in [3.63, 3.8) is 0 Å². The molecule has 1 amide bonds. The van der Waals surface area contributed by atoms with Crippen molar-refractivity contribution < 1.29 is 9.90 Å². The molecule has 2 aromatic heterocycles. The van der Waals surface area contributed by atoms with Gasteiger partial charge in [-0.1, -0.05) is 6.07 Å². The number of hydrogen-bond donors (Lipinski definition) is 3. The zero-order chi connectivity index (χ0) is 19.0. The number of pyridine rings is 2. The number of benzene rings is 1. The van der Waals surface area contributed by atoms with Gasteiger partial charge in [0, 0.05) is 31.9 Å². The lowest BCUT2D eigenvalue weighted by Crippen LogP contribution is -2.28. The molecule has 0 aliphatic carbocycles. The quantitative estimate of drug-likeness (QED) is 0.610. The second kappa shape index (κ2) is 7.37. The fraction of sp³-hybridized carbons (Fsp3) is 0.105. The van der Waals surface area contributed by atoms with E-state index < -0.39 is 11.5 Å². The predicted octanol–water partition coefficient (Wildman–Crippen LogP) is 1.52. The molecule has 2 heterocycles. The van der Waals surface area contributed by atoms with E-state index >= 15 is 0 Å². The number of carbonyl (C=O) groups is 1. The third-order valence-electron chi connectivity index (χ3n) is 4.32. The summed E-state index contributed by atoms with van der Waals surface area (Å²) in [5, 5.41) is 10.1. The van der Waals surface area contributed by atoms with Crippen molar-refractivity contribution in [1.82, 2.24) is 9.55 Å². The van der Waals surface area contributed by atoms with Gasteiger partial charge in [-0.2, -0.15) is 0 Å². The Morgan fingerprint density at radius 3 is 2.37 bits per heavy atom. The van der Waals surface area contributed by atoms with Crippen molar-refractivity contribution in [2.24, 2.45) is 5.73 Å². The number of amides is 1. The van der Waals surface area contributed by atoms with Gasteiger partial charge in [-0.05, 0) is 49.2 Å². The van der Waals surface area contributed by atoms with Crippen LogP contribution in [-0.2, 0) is 0 Å². The number of aromatic nitrogens is 2. The van der Waals surface area contributed by atoms with Gasteiger partial charge in [-0.25, -0.2) is 0 Å². The maximum absolute atomic E-state index is 13.2. The molecule has 1 aromatic carbocycles. The summed E-state index contributed by atoms with van der Waals surface area (Å²) in [4.78, 5) is 29.0. The molecule has 0 saturated carbocycles. The van der Waals surface area contributed by atoms with Crippen LogP contribution < -0.4 is 17.0 Å². The van der Waals surface area contributed by atoms with Crippen LogP contribution in [0.1, 0.15) is 21.5 Å². The van der Waals surface area contributed by atoms with Crippen molar-refractivity contribution in [2.45, 2.75) is 13.8 Å². The van der Waals surface area contributed by atoms with Crippen molar-refractivity contribution in [1.29, 1.82) is 0 Å². The van der Waals surface area contributed by atoms with E-state index in [-0.39, 0.29) is 31.1 Å². The van der Waals surface area contributed by atoms with Gasteiger partial charge in [0.25, 0.3) is 11.5 Å². The first-order valence-corrected chi connectivity index (χ1v) is 7.88. The number of aryl methyl sites for hydroxylation is 1. The largest absolute Gasteiger partial charge is 0.508 e. The van der Waals surface area contributed by atoms with Crippen LogP contribution in [-0.4, -0.2) is 29.0 Å². The third kappa shape index (κ3) is 3.29. The molecule has 0 saturated heterocycles. The number of phenolic OH excluding ortho intramolecular Hbond substituents is 1. The Hall–Kier alpha value is -3.55. The first kappa shape index (κ1) is 19.8. The summed E-state index contributed by atoms with van der Waals surface area (Å²) < 4.78 is 1.22. The Kier molecular flexibility index (Phi) is 5.40. The zero-order valence-corrected chi connectivity index (χ0v) is 14.9. The summed E-state index contributed by atoms with van der Waals surface area (Å²) in [5.74, 6) is -0.800. The zero-order valence-electron chi connectivity index (χ0n) is 14.9. The van der Waals surface area contributed by atoms with E-state index in [1.165, 1.54) is 16.7 Å². The number of rotatable bonds is 3. The lowest BCUT2D eigenvalue weighted by Gasteiger charge is -2.19. The molecule has 0 aliphatic rings. The molecule has 5 N–H and O–H groups in total. The minimum Gasteiger partial charge on any atom is -0.508 e. The van der Waals surface area contributed by atoms with Gasteiger partial charge >= 0.3 is 0 Å². The van der Waals surface area contributed by atoms with E-state index in [1.807, 2.05) is 0 Å². The maximum atomic E-state index is 13.2. The summed E-state index contributed by atoms with van der Waals surface area (Å²) in [6, 6.07) is 7.91. The van der Waals surface area contributed by atoms with Crippen LogP contribution in [0.4, 0.5) is 5.82 Å². The molecule has 0 atom stereocenters. The first-order valence-electron chi connectivity index (χ1n) is 7.88. The smallest absolute Gasteiger partial charge is 0.264 e. The average molecular weight is 361 g/mol. The molecule has 0 bridgehead atoms. The molecule has 3 radical (unpaired) electrons. The van der Waals surface area contributed by atoms with Gasteiger partial charge in [0.05, 0.1) is 11.3 Å². The molecular formula is C19H18BN4O3. The fourth-order valence-corrected chi connectivity index (χ4v) is 2.96. The number of hydrogen-bond acceptors (Lipinski definition) is 5. The summed E-state index contributed by atoms with van der Waals surface area (Å²) in [5.41, 5.74) is 13.7. The second-order valence-electron chi connectivity index (χ2n) is 5.97. The van der Waals surface area contributed by atoms with Gasteiger partial charge in [0.1, 0.15) is 11.6 Å². The predicted molar refractivity (Wildman–Crippen MR) is 105 cm³/mol. The van der Waals surface area contributed by atoms with Crippen molar-refractivity contribution >= 4 is 20.1 Å². The van der Waals surface area contributed by atoms with E-state index in [1.54, 1.807) is 44.4 Å². The highest BCUT2D eigenvalue weighted by Gasteiger charge is 2.21. The maximum Gasteiger partial charge on any atom is 0.264 e. The molecule has 0 aliphatic heterocycles. The van der Waals surface area contributed by atoms with E-state index in [9.17, 15) is 14.7 Å². The topological polar surface area (TPSA) is 124 Å². The second-order valence-corrected chi connectivity index (χ2v) is 5.97. The molecule has 8 heteroatoms. The average Bonchev–Trinajstić information content (AvgIpc) is 2.61. The SMILES string of the molecule is Cc1ccc(O)c(C)c1-n1c(N)c(C(N)=O)cc(-c2ccncc2)c1=O.[B]. The molecule has 0 unspecified atom stereocenters. The van der Waals surface area contributed by atoms with Crippen molar-refractivity contribution in [3.8, 4) is 22.6 Å². The van der Waals surface area contributed by atoms with Crippen LogP contribution in [0.5, 0.6) is 5.75 Å². The van der Waals surface area contributed by atoms with Crippen molar-refractivity contribution in [2.75, 3.05) is 5.73 Å². The highest BCUT2D eigenvalue weighted by Crippen LogP contribution is 2.29. The van der Waals surface area contributed by atoms with Gasteiger partial charge < -0.3 is 16.6 Å². The van der Waals surface area contributed by atoms with Crippen LogP contribution in [0.3, 0.4) is 0 Å². The van der Waals surface area contributed by atoms with Gasteiger partial charge in [-0.3, -0.25) is 19.1 Å². The standard InChI is InChI=1S/C19H18N4O3.B/c1-10-3-4-15(24)11(2)16(10)23-17(20)14(18(21)25)9-13(19(23)26)12-5-7-22-8-6-12;/h3-9,24H,20H2,1-2H3,(H2,21,25);. The van der Waals surface area contributed by atoms with E-state index in [4.69, 9.17) is 11.5 Å². The first-order chi connectivity index (χ1) is 12.3. The number of carbonyl (C=O) groups excluding carboxylic acids is 1. The highest BCUT2D eigenvalue weighted by molar-refractivity contribution is 5.98. The van der Waals surface area contributed by atoms with E-state index in [2.05, 4.69) is 4.98 Å². The van der Waals surface area contributed by atoms with Crippen LogP contribution in [0.25, 0.3) is 16.8 Å². The van der Waals surface area contributed by atoms with Crippen molar-refractivity contribution in [3.05, 3.63) is 69.8 Å². The lowest BCUT2D eigenvalue weighted by atomic mass is 10.0. The van der Waals surface area contributed by atoms with Crippen LogP contribution >= 0.6 is 0 Å². The molecule has 27 heavy (non-hydrogen) atoms. The fourth-order valence-electron chi connectivity index (χ4n) is 2.96. The molecule has 0 fully saturated rings. The molecule has 3 rings (SSSR count). The van der Waals surface area contributed by atoms with Gasteiger partial charge in [-0.15, -0.1) is 0 Å². The number of primary amides is 1. The number of nitrogens with two attached hydrogens (primary N) is 2. The molecule has 0 spiro atoms. The van der Waals surface area contributed by atoms with Crippen LogP contribution in [0, 0.1) is 13.8 Å². The number of nitrogens with zero attached hydrogens (tertiary/aromatic N) is 2. The Morgan fingerprint density at radius 1 is 1.15 bits per heavy atom. The number of aromatic hydroxyl groups is 1. The summed E-state index contributed by atoms with van der Waals surface area (Å²) in [7, 11) is 0. The van der Waals surface area contributed by atoms with Gasteiger partial charge in [0.15, 0.2) is 0 Å². The Labute approximate surface area is 157 Å². The molecule has 3 aromatic rings. The lowest BCUT2D eigenvalue weighted by molar-refractivity contribution is 0.100. The number of nitrogen functional groups attached to an aromatic ring is 1. The third-order valence-corrected chi connectivity index (χ3v) is 4.32. The summed E-state index contributed by atoms with van der Waals surface area (Å²) >= 11 is 0. The van der Waals surface area contributed by atoms with E-state index in [0.717, 1.165) is 5.56 Å². The minimum absolute atomic E-state index is 0. The minimum atomic E-state index is -0.748. The Morgan fingerprint density at radius 2 is 1.78 bits per heavy atom. The number of phenols is 1. The Balaban J connectivity index is 0.00000261. The van der Waals surface area contributed by atoms with Crippen LogP contribution in [0.15, 0.2) is 47.5 Å². The summed E-state index contributed by atoms with van der Waals surface area (Å²) in [6.07, 6.45) is 3.09. The van der Waals surface area contributed by atoms with E-state index in [0.29, 0.717) is 16.8 Å². The molecule has 135 valence electrons. The highest BCUT2D eigenvalue weighted by atomic mass is 16.3. The normalized spacial score (nSPS) is 10.3. The Bertz CT molecular complexity index is 1080.